The highest BCUT2D eigenvalue weighted by Crippen LogP contribution is 2.58. The van der Waals surface area contributed by atoms with Crippen molar-refractivity contribution in [1.29, 1.82) is 0 Å². The molecule has 0 heterocycles. The molecular formula is C15H22BrO6P. The number of rotatable bonds is 10. The largest absolute Gasteiger partial charge is 0.481 e. The zero-order valence-corrected chi connectivity index (χ0v) is 15.6. The molecule has 0 aliphatic rings. The predicted molar refractivity (Wildman–Crippen MR) is 90.6 cm³/mol. The number of aliphatic carboxylic acids is 1. The first-order chi connectivity index (χ1) is 10.8. The summed E-state index contributed by atoms with van der Waals surface area (Å²) in [6.45, 7) is 3.64. The summed E-state index contributed by atoms with van der Waals surface area (Å²) in [4.78, 5) is 10.9. The molecule has 0 aromatic heterocycles. The molecule has 0 saturated carbocycles. The average Bonchev–Trinajstić information content (AvgIpc) is 2.48. The number of hydrogen-bond acceptors (Lipinski definition) is 5. The van der Waals surface area contributed by atoms with Gasteiger partial charge in [-0.15, -0.1) is 0 Å². The lowest BCUT2D eigenvalue weighted by Crippen LogP contribution is -2.23. The number of aliphatic hydroxyl groups is 1. The number of carboxylic acid groups (broad SMARTS) is 1. The van der Waals surface area contributed by atoms with Gasteiger partial charge in [-0.3, -0.25) is 9.36 Å². The highest BCUT2D eigenvalue weighted by molar-refractivity contribution is 9.10. The highest BCUT2D eigenvalue weighted by Gasteiger charge is 2.41. The maximum absolute atomic E-state index is 13.0. The third-order valence-electron chi connectivity index (χ3n) is 3.25. The Bertz CT molecular complexity index is 537. The minimum atomic E-state index is -3.64. The van der Waals surface area contributed by atoms with Crippen molar-refractivity contribution in [2.75, 3.05) is 13.2 Å². The molecule has 1 aromatic rings. The van der Waals surface area contributed by atoms with Gasteiger partial charge < -0.3 is 19.3 Å². The first kappa shape index (κ1) is 20.3. The van der Waals surface area contributed by atoms with Crippen molar-refractivity contribution >= 4 is 29.5 Å². The Kier molecular flexibility index (Phi) is 8.44. The van der Waals surface area contributed by atoms with Gasteiger partial charge in [-0.1, -0.05) is 28.1 Å². The van der Waals surface area contributed by atoms with Crippen LogP contribution in [0.15, 0.2) is 28.7 Å². The van der Waals surface area contributed by atoms with Crippen molar-refractivity contribution in [2.45, 2.75) is 38.5 Å². The van der Waals surface area contributed by atoms with Crippen molar-refractivity contribution in [2.24, 2.45) is 0 Å². The van der Waals surface area contributed by atoms with Gasteiger partial charge in [0.2, 0.25) is 0 Å². The van der Waals surface area contributed by atoms with E-state index in [0.29, 0.717) is 5.56 Å². The van der Waals surface area contributed by atoms with Crippen LogP contribution < -0.4 is 0 Å². The van der Waals surface area contributed by atoms with Gasteiger partial charge in [0.1, 0.15) is 0 Å². The summed E-state index contributed by atoms with van der Waals surface area (Å²) in [6, 6.07) is 6.87. The van der Waals surface area contributed by atoms with Gasteiger partial charge in [-0.05, 0) is 38.0 Å². The van der Waals surface area contributed by atoms with Crippen LogP contribution in [0.4, 0.5) is 0 Å². The first-order valence-corrected chi connectivity index (χ1v) is 9.78. The fourth-order valence-corrected chi connectivity index (χ4v) is 4.64. The Balaban J connectivity index is 3.13. The number of hydrogen-bond donors (Lipinski definition) is 2. The molecule has 0 aliphatic carbocycles. The topological polar surface area (TPSA) is 93.1 Å². The molecule has 0 fully saturated rings. The van der Waals surface area contributed by atoms with E-state index in [2.05, 4.69) is 15.9 Å². The fourth-order valence-electron chi connectivity index (χ4n) is 2.23. The molecule has 0 radical (unpaired) electrons. The fraction of sp³-hybridized carbons (Fsp3) is 0.533. The van der Waals surface area contributed by atoms with Gasteiger partial charge >= 0.3 is 13.6 Å². The van der Waals surface area contributed by atoms with E-state index < -0.39 is 25.3 Å². The summed E-state index contributed by atoms with van der Waals surface area (Å²) in [6.07, 6.45) is -1.39. The lowest BCUT2D eigenvalue weighted by molar-refractivity contribution is -0.137. The van der Waals surface area contributed by atoms with Crippen LogP contribution in [0.1, 0.15) is 38.4 Å². The molecule has 0 spiro atoms. The van der Waals surface area contributed by atoms with Crippen LogP contribution >= 0.6 is 23.5 Å². The quantitative estimate of drug-likeness (QED) is 0.568. The van der Waals surface area contributed by atoms with Crippen molar-refractivity contribution in [3.05, 3.63) is 34.3 Å². The van der Waals surface area contributed by atoms with Gasteiger partial charge in [0.25, 0.3) is 0 Å². The molecular weight excluding hydrogens is 387 g/mol. The van der Waals surface area contributed by atoms with Crippen LogP contribution in [-0.2, 0) is 18.4 Å². The van der Waals surface area contributed by atoms with Crippen molar-refractivity contribution in [3.63, 3.8) is 0 Å². The molecule has 6 nitrogen and oxygen atoms in total. The van der Waals surface area contributed by atoms with Crippen molar-refractivity contribution in [3.8, 4) is 0 Å². The number of carboxylic acids is 1. The van der Waals surface area contributed by atoms with Crippen LogP contribution in [0, 0.1) is 0 Å². The third-order valence-corrected chi connectivity index (χ3v) is 6.37. The lowest BCUT2D eigenvalue weighted by atomic mass is 10.0. The van der Waals surface area contributed by atoms with E-state index >= 15 is 0 Å². The molecule has 1 unspecified atom stereocenters. The average molecular weight is 409 g/mol. The molecule has 130 valence electrons. The van der Waals surface area contributed by atoms with Crippen LogP contribution in [0.2, 0.25) is 0 Å². The number of aliphatic hydroxyl groups excluding tert-OH is 1. The smallest absolute Gasteiger partial charge is 0.336 e. The van der Waals surface area contributed by atoms with Gasteiger partial charge in [-0.25, -0.2) is 0 Å². The van der Waals surface area contributed by atoms with E-state index in [1.807, 2.05) is 0 Å². The zero-order chi connectivity index (χ0) is 17.5. The molecule has 1 rings (SSSR count). The second-order valence-electron chi connectivity index (χ2n) is 4.87. The molecule has 0 bridgehead atoms. The minimum absolute atomic E-state index is 0.0101. The predicted octanol–water partition coefficient (Wildman–Crippen LogP) is 3.98. The maximum atomic E-state index is 13.0. The van der Waals surface area contributed by atoms with Gasteiger partial charge in [0.15, 0.2) is 0 Å². The van der Waals surface area contributed by atoms with E-state index in [0.717, 1.165) is 4.47 Å². The number of carbonyl (C=O) groups is 1. The SMILES string of the molecule is CCOP(=O)(OCC)C(CCC(=O)O)[C@@H](O)c1ccc(Br)cc1. The summed E-state index contributed by atoms with van der Waals surface area (Å²) >= 11 is 3.31. The molecule has 2 N–H and O–H groups in total. The lowest BCUT2D eigenvalue weighted by Gasteiger charge is -2.29. The standard InChI is InChI=1S/C15H22BrO6P/c1-3-21-23(20,22-4-2)13(9-10-14(17)18)15(19)11-5-7-12(16)8-6-11/h5-8,13,15,19H,3-4,9-10H2,1-2H3,(H,17,18)/t13?,15-/m0/s1. The van der Waals surface area contributed by atoms with Gasteiger partial charge in [-0.2, -0.15) is 0 Å². The highest BCUT2D eigenvalue weighted by atomic mass is 79.9. The number of benzene rings is 1. The van der Waals surface area contributed by atoms with Gasteiger partial charge in [0.05, 0.1) is 25.0 Å². The molecule has 0 saturated heterocycles. The molecule has 1 aromatic carbocycles. The summed E-state index contributed by atoms with van der Waals surface area (Å²) in [5, 5.41) is 19.5. The van der Waals surface area contributed by atoms with Crippen LogP contribution in [-0.4, -0.2) is 35.1 Å². The zero-order valence-electron chi connectivity index (χ0n) is 13.1. The van der Waals surface area contributed by atoms with E-state index in [-0.39, 0.29) is 26.1 Å². The molecule has 8 heteroatoms. The minimum Gasteiger partial charge on any atom is -0.481 e. The van der Waals surface area contributed by atoms with Crippen LogP contribution in [0.5, 0.6) is 0 Å². The molecule has 23 heavy (non-hydrogen) atoms. The van der Waals surface area contributed by atoms with E-state index in [1.54, 1.807) is 38.1 Å². The van der Waals surface area contributed by atoms with Crippen molar-refractivity contribution < 1.29 is 28.6 Å². The maximum Gasteiger partial charge on any atom is 0.336 e. The summed E-state index contributed by atoms with van der Waals surface area (Å²) in [7, 11) is -3.64. The number of halogens is 1. The second-order valence-corrected chi connectivity index (χ2v) is 8.05. The molecule has 0 amide bonds. The summed E-state index contributed by atoms with van der Waals surface area (Å²) in [5.41, 5.74) is -0.414. The van der Waals surface area contributed by atoms with Gasteiger partial charge in [0, 0.05) is 10.9 Å². The monoisotopic (exact) mass is 408 g/mol. The second kappa shape index (κ2) is 9.55. The van der Waals surface area contributed by atoms with Crippen LogP contribution in [0.3, 0.4) is 0 Å². The Morgan fingerprint density at radius 3 is 2.17 bits per heavy atom. The normalized spacial score (nSPS) is 14.4. The Labute approximate surface area is 144 Å². The third kappa shape index (κ3) is 6.01. The molecule has 0 aliphatic heterocycles. The Morgan fingerprint density at radius 1 is 1.22 bits per heavy atom. The summed E-state index contributed by atoms with van der Waals surface area (Å²) in [5.74, 6) is -1.03. The Morgan fingerprint density at radius 2 is 1.74 bits per heavy atom. The molecule has 2 atom stereocenters. The van der Waals surface area contributed by atoms with E-state index in [9.17, 15) is 14.5 Å². The summed E-state index contributed by atoms with van der Waals surface area (Å²) < 4.78 is 24.4. The first-order valence-electron chi connectivity index (χ1n) is 7.38. The van der Waals surface area contributed by atoms with E-state index in [1.165, 1.54) is 0 Å². The van der Waals surface area contributed by atoms with E-state index in [4.69, 9.17) is 14.2 Å². The Hall–Kier alpha value is -0.720. The van der Waals surface area contributed by atoms with Crippen molar-refractivity contribution in [1.82, 2.24) is 0 Å². The van der Waals surface area contributed by atoms with Crippen LogP contribution in [0.25, 0.3) is 0 Å².